The number of carbonyl (C=O) groups excluding carboxylic acids is 2. The van der Waals surface area contributed by atoms with Crippen molar-refractivity contribution < 1.29 is 31.5 Å². The Balaban J connectivity index is 2.08. The quantitative estimate of drug-likeness (QED) is 0.184. The summed E-state index contributed by atoms with van der Waals surface area (Å²) in [5.41, 5.74) is 1.48. The molecule has 0 radical (unpaired) electrons. The molecular weight excluding hydrogens is 584 g/mol. The van der Waals surface area contributed by atoms with Crippen molar-refractivity contribution in [2.75, 3.05) is 15.7 Å². The SMILES string of the molecule is Cc1ccc(CN(c2ncc(F)s2)S(=O)(=O)c2cc(Cl)c(N(CCCC=O)C(=O)OC(C)(C)C)cc2F)cc1C. The fourth-order valence-electron chi connectivity index (χ4n) is 3.69. The topological polar surface area (TPSA) is 96.9 Å². The number of rotatable bonds is 10. The Bertz CT molecular complexity index is 1510. The fourth-order valence-corrected chi connectivity index (χ4v) is 6.35. The van der Waals surface area contributed by atoms with E-state index < -0.39 is 37.6 Å². The highest BCUT2D eigenvalue weighted by Crippen LogP contribution is 2.36. The number of ether oxygens (including phenoxy) is 1. The van der Waals surface area contributed by atoms with E-state index in [1.165, 1.54) is 0 Å². The van der Waals surface area contributed by atoms with Gasteiger partial charge in [0.05, 0.1) is 23.5 Å². The van der Waals surface area contributed by atoms with Crippen molar-refractivity contribution in [2.24, 2.45) is 0 Å². The highest BCUT2D eigenvalue weighted by Gasteiger charge is 2.33. The first-order valence-electron chi connectivity index (χ1n) is 12.3. The summed E-state index contributed by atoms with van der Waals surface area (Å²) in [6.45, 7) is 8.45. The molecule has 3 rings (SSSR count). The van der Waals surface area contributed by atoms with Crippen LogP contribution in [-0.2, 0) is 26.1 Å². The molecule has 1 amide bonds. The molecule has 0 spiro atoms. The minimum Gasteiger partial charge on any atom is -0.443 e. The normalized spacial score (nSPS) is 11.8. The number of unbranched alkanes of at least 4 members (excludes halogenated alkanes) is 1. The van der Waals surface area contributed by atoms with E-state index >= 15 is 4.39 Å². The van der Waals surface area contributed by atoms with Gasteiger partial charge in [-0.25, -0.2) is 26.9 Å². The molecule has 1 aromatic heterocycles. The summed E-state index contributed by atoms with van der Waals surface area (Å²) in [5.74, 6) is -1.19. The van der Waals surface area contributed by atoms with E-state index in [0.29, 0.717) is 23.2 Å². The fraction of sp³-hybridized carbons (Fsp3) is 0.370. The zero-order valence-corrected chi connectivity index (χ0v) is 25.1. The number of sulfonamides is 1. The van der Waals surface area contributed by atoms with Crippen LogP contribution in [0.2, 0.25) is 5.02 Å². The first-order valence-corrected chi connectivity index (χ1v) is 14.9. The molecule has 0 fully saturated rings. The van der Waals surface area contributed by atoms with Gasteiger partial charge in [0.15, 0.2) is 5.13 Å². The largest absolute Gasteiger partial charge is 0.443 e. The third-order valence-corrected chi connectivity index (χ3v) is 8.73. The Labute approximate surface area is 241 Å². The molecular formula is C27H30ClF2N3O5S2. The van der Waals surface area contributed by atoms with Gasteiger partial charge in [0.25, 0.3) is 10.0 Å². The third kappa shape index (κ3) is 7.55. The maximum Gasteiger partial charge on any atom is 0.414 e. The first-order chi connectivity index (χ1) is 18.6. The second-order valence-electron chi connectivity index (χ2n) is 10.1. The third-order valence-electron chi connectivity index (χ3n) is 5.75. The number of carbonyl (C=O) groups is 2. The second-order valence-corrected chi connectivity index (χ2v) is 13.2. The first kappa shape index (κ1) is 31.4. The molecule has 2 aromatic carbocycles. The number of anilines is 2. The van der Waals surface area contributed by atoms with E-state index in [1.807, 2.05) is 19.9 Å². The predicted octanol–water partition coefficient (Wildman–Crippen LogP) is 6.81. The lowest BCUT2D eigenvalue weighted by atomic mass is 10.1. The Morgan fingerprint density at radius 2 is 1.85 bits per heavy atom. The average molecular weight is 614 g/mol. The Morgan fingerprint density at radius 3 is 2.42 bits per heavy atom. The lowest BCUT2D eigenvalue weighted by molar-refractivity contribution is -0.107. The van der Waals surface area contributed by atoms with Crippen molar-refractivity contribution >= 4 is 56.2 Å². The van der Waals surface area contributed by atoms with Crippen LogP contribution >= 0.6 is 22.9 Å². The highest BCUT2D eigenvalue weighted by atomic mass is 35.5. The number of hydrogen-bond donors (Lipinski definition) is 0. The van der Waals surface area contributed by atoms with Gasteiger partial charge in [-0.1, -0.05) is 41.1 Å². The maximum absolute atomic E-state index is 15.6. The number of aryl methyl sites for hydroxylation is 2. The average Bonchev–Trinajstić information content (AvgIpc) is 3.28. The van der Waals surface area contributed by atoms with Crippen LogP contribution in [0.3, 0.4) is 0 Å². The number of aromatic nitrogens is 1. The lowest BCUT2D eigenvalue weighted by Gasteiger charge is -2.28. The number of thiazole rings is 1. The molecule has 0 aliphatic heterocycles. The van der Waals surface area contributed by atoms with E-state index in [9.17, 15) is 22.4 Å². The van der Waals surface area contributed by atoms with Crippen LogP contribution in [0.5, 0.6) is 0 Å². The number of nitrogens with zero attached hydrogens (tertiary/aromatic N) is 3. The van der Waals surface area contributed by atoms with Gasteiger partial charge in [-0.15, -0.1) is 0 Å². The van der Waals surface area contributed by atoms with Crippen molar-refractivity contribution in [2.45, 2.75) is 64.5 Å². The van der Waals surface area contributed by atoms with Gasteiger partial charge >= 0.3 is 6.09 Å². The summed E-state index contributed by atoms with van der Waals surface area (Å²) in [6, 6.07) is 7.05. The summed E-state index contributed by atoms with van der Waals surface area (Å²) < 4.78 is 63.4. The molecule has 216 valence electrons. The number of aldehydes is 1. The highest BCUT2D eigenvalue weighted by molar-refractivity contribution is 7.93. The summed E-state index contributed by atoms with van der Waals surface area (Å²) in [7, 11) is -4.65. The minimum absolute atomic E-state index is 0.0315. The zero-order chi connectivity index (χ0) is 29.8. The molecule has 0 bridgehead atoms. The minimum atomic E-state index is -4.65. The summed E-state index contributed by atoms with van der Waals surface area (Å²) in [5, 5.41) is -1.15. The predicted molar refractivity (Wildman–Crippen MR) is 152 cm³/mol. The van der Waals surface area contributed by atoms with Crippen LogP contribution in [-0.4, -0.2) is 37.9 Å². The van der Waals surface area contributed by atoms with Crippen LogP contribution in [0.15, 0.2) is 41.4 Å². The van der Waals surface area contributed by atoms with Crippen LogP contribution in [0.4, 0.5) is 24.4 Å². The Morgan fingerprint density at radius 1 is 1.15 bits per heavy atom. The van der Waals surface area contributed by atoms with Crippen molar-refractivity contribution in [3.05, 3.63) is 69.2 Å². The van der Waals surface area contributed by atoms with Gasteiger partial charge in [-0.05, 0) is 63.8 Å². The van der Waals surface area contributed by atoms with Crippen molar-refractivity contribution in [3.8, 4) is 0 Å². The van der Waals surface area contributed by atoms with Crippen LogP contribution in [0, 0.1) is 24.8 Å². The Kier molecular flexibility index (Phi) is 9.91. The maximum atomic E-state index is 15.6. The Hall–Kier alpha value is -3.09. The van der Waals surface area contributed by atoms with Crippen LogP contribution in [0.1, 0.15) is 50.3 Å². The molecule has 3 aromatic rings. The summed E-state index contributed by atoms with van der Waals surface area (Å²) >= 11 is 6.94. The van der Waals surface area contributed by atoms with E-state index in [-0.39, 0.29) is 41.8 Å². The van der Waals surface area contributed by atoms with E-state index in [1.54, 1.807) is 32.9 Å². The van der Waals surface area contributed by atoms with E-state index in [4.69, 9.17) is 16.3 Å². The van der Waals surface area contributed by atoms with Crippen molar-refractivity contribution in [1.29, 1.82) is 0 Å². The van der Waals surface area contributed by atoms with Gasteiger partial charge < -0.3 is 9.53 Å². The molecule has 0 saturated heterocycles. The zero-order valence-electron chi connectivity index (χ0n) is 22.7. The van der Waals surface area contributed by atoms with Crippen LogP contribution < -0.4 is 9.21 Å². The van der Waals surface area contributed by atoms with Gasteiger partial charge in [0.1, 0.15) is 22.6 Å². The molecule has 8 nitrogen and oxygen atoms in total. The number of halogens is 3. The summed E-state index contributed by atoms with van der Waals surface area (Å²) in [6.07, 6.45) is 1.08. The number of hydrogen-bond acceptors (Lipinski definition) is 7. The molecule has 0 aliphatic rings. The molecule has 0 unspecified atom stereocenters. The standard InChI is InChI=1S/C27H30ClF2N3O5S2/c1-17-8-9-19(12-18(17)2)16-33(25-31-15-24(30)39-25)40(36,37)23-13-20(28)22(14-21(23)29)32(10-6-7-11-34)26(35)38-27(3,4)5/h8-9,11-15H,6-7,10,16H2,1-5H3. The van der Waals surface area contributed by atoms with Gasteiger partial charge in [0.2, 0.25) is 5.13 Å². The molecule has 0 saturated carbocycles. The molecule has 0 aliphatic carbocycles. The number of benzene rings is 2. The molecule has 40 heavy (non-hydrogen) atoms. The lowest BCUT2D eigenvalue weighted by Crippen LogP contribution is -2.38. The van der Waals surface area contributed by atoms with Gasteiger partial charge in [-0.2, -0.15) is 4.39 Å². The molecule has 0 N–H and O–H groups in total. The monoisotopic (exact) mass is 613 g/mol. The molecule has 13 heteroatoms. The van der Waals surface area contributed by atoms with Crippen LogP contribution in [0.25, 0.3) is 0 Å². The van der Waals surface area contributed by atoms with Crippen molar-refractivity contribution in [3.63, 3.8) is 0 Å². The van der Waals surface area contributed by atoms with E-state index in [2.05, 4.69) is 4.98 Å². The van der Waals surface area contributed by atoms with Crippen molar-refractivity contribution in [1.82, 2.24) is 4.98 Å². The second kappa shape index (κ2) is 12.6. The van der Waals surface area contributed by atoms with Gasteiger partial charge in [-0.3, -0.25) is 4.90 Å². The number of amides is 1. The summed E-state index contributed by atoms with van der Waals surface area (Å²) in [4.78, 5) is 27.9. The van der Waals surface area contributed by atoms with Gasteiger partial charge in [0, 0.05) is 19.0 Å². The smallest absolute Gasteiger partial charge is 0.414 e. The van der Waals surface area contributed by atoms with E-state index in [0.717, 1.165) is 38.7 Å². The molecule has 1 heterocycles. The molecule has 0 atom stereocenters.